The predicted octanol–water partition coefficient (Wildman–Crippen LogP) is 1.96. The minimum atomic E-state index is -0.0125. The molecule has 2 N–H and O–H groups in total. The summed E-state index contributed by atoms with van der Waals surface area (Å²) in [5.41, 5.74) is 0. The normalized spacial score (nSPS) is 10.5. The van der Waals surface area contributed by atoms with Crippen molar-refractivity contribution in [3.8, 4) is 0 Å². The Bertz CT molecular complexity index is 388. The molecule has 0 aliphatic heterocycles. The standard InChI is InChI=1S/C14H22N2O2S/c1-11(2)14(18)16-9-8-15-13(17)7-3-5-12-6-4-10-19-12/h4,6,10-11H,3,5,7-9H2,1-2H3,(H,15,17)(H,16,18). The number of nitrogens with one attached hydrogen (secondary N) is 2. The summed E-state index contributed by atoms with van der Waals surface area (Å²) in [5, 5.41) is 7.62. The highest BCUT2D eigenvalue weighted by atomic mass is 32.1. The van der Waals surface area contributed by atoms with Crippen molar-refractivity contribution in [2.75, 3.05) is 13.1 Å². The lowest BCUT2D eigenvalue weighted by Crippen LogP contribution is -2.36. The molecular formula is C14H22N2O2S. The molecule has 0 aliphatic rings. The van der Waals surface area contributed by atoms with E-state index in [1.54, 1.807) is 11.3 Å². The third kappa shape index (κ3) is 6.96. The summed E-state index contributed by atoms with van der Waals surface area (Å²) < 4.78 is 0. The Kier molecular flexibility index (Phi) is 7.18. The van der Waals surface area contributed by atoms with Gasteiger partial charge in [0.15, 0.2) is 0 Å². The van der Waals surface area contributed by atoms with Gasteiger partial charge < -0.3 is 10.6 Å². The van der Waals surface area contributed by atoms with Crippen LogP contribution in [0.4, 0.5) is 0 Å². The molecule has 2 amide bonds. The van der Waals surface area contributed by atoms with Crippen LogP contribution in [-0.2, 0) is 16.0 Å². The number of amides is 2. The number of rotatable bonds is 8. The Morgan fingerprint density at radius 3 is 2.63 bits per heavy atom. The van der Waals surface area contributed by atoms with Gasteiger partial charge in [0.2, 0.25) is 11.8 Å². The number of carbonyl (C=O) groups is 2. The molecule has 0 fully saturated rings. The van der Waals surface area contributed by atoms with Crippen molar-refractivity contribution in [3.05, 3.63) is 22.4 Å². The number of thiophene rings is 1. The van der Waals surface area contributed by atoms with Crippen molar-refractivity contribution >= 4 is 23.2 Å². The lowest BCUT2D eigenvalue weighted by molar-refractivity contribution is -0.124. The highest BCUT2D eigenvalue weighted by Crippen LogP contribution is 2.11. The first-order valence-corrected chi connectivity index (χ1v) is 7.54. The van der Waals surface area contributed by atoms with Gasteiger partial charge in [-0.25, -0.2) is 0 Å². The monoisotopic (exact) mass is 282 g/mol. The van der Waals surface area contributed by atoms with Gasteiger partial charge in [0.1, 0.15) is 0 Å². The zero-order valence-corrected chi connectivity index (χ0v) is 12.4. The minimum absolute atomic E-state index is 0.0125. The lowest BCUT2D eigenvalue weighted by Gasteiger charge is -2.08. The molecule has 1 heterocycles. The van der Waals surface area contributed by atoms with E-state index in [2.05, 4.69) is 16.7 Å². The van der Waals surface area contributed by atoms with Crippen LogP contribution in [0, 0.1) is 5.92 Å². The largest absolute Gasteiger partial charge is 0.354 e. The van der Waals surface area contributed by atoms with E-state index in [0.29, 0.717) is 19.5 Å². The molecule has 1 aromatic rings. The van der Waals surface area contributed by atoms with Crippen molar-refractivity contribution in [1.29, 1.82) is 0 Å². The minimum Gasteiger partial charge on any atom is -0.354 e. The maximum atomic E-state index is 11.5. The van der Waals surface area contributed by atoms with Crippen LogP contribution in [-0.4, -0.2) is 24.9 Å². The van der Waals surface area contributed by atoms with Crippen LogP contribution in [0.15, 0.2) is 17.5 Å². The molecule has 5 heteroatoms. The molecule has 0 saturated carbocycles. The second-order valence-electron chi connectivity index (χ2n) is 4.73. The topological polar surface area (TPSA) is 58.2 Å². The third-order valence-electron chi connectivity index (χ3n) is 2.68. The molecule has 0 saturated heterocycles. The molecule has 0 aromatic carbocycles. The van der Waals surface area contributed by atoms with E-state index in [-0.39, 0.29) is 17.7 Å². The SMILES string of the molecule is CC(C)C(=O)NCCNC(=O)CCCc1cccs1. The molecule has 19 heavy (non-hydrogen) atoms. The fourth-order valence-corrected chi connectivity index (χ4v) is 2.31. The maximum Gasteiger partial charge on any atom is 0.222 e. The van der Waals surface area contributed by atoms with E-state index in [4.69, 9.17) is 0 Å². The van der Waals surface area contributed by atoms with Gasteiger partial charge >= 0.3 is 0 Å². The third-order valence-corrected chi connectivity index (χ3v) is 3.61. The van der Waals surface area contributed by atoms with Gasteiger partial charge in [-0.05, 0) is 24.3 Å². The van der Waals surface area contributed by atoms with Crippen molar-refractivity contribution in [1.82, 2.24) is 10.6 Å². The molecule has 0 unspecified atom stereocenters. The first-order chi connectivity index (χ1) is 9.09. The average molecular weight is 282 g/mol. The summed E-state index contributed by atoms with van der Waals surface area (Å²) in [4.78, 5) is 24.1. The van der Waals surface area contributed by atoms with Gasteiger partial charge in [-0.3, -0.25) is 9.59 Å². The highest BCUT2D eigenvalue weighted by molar-refractivity contribution is 7.09. The molecule has 0 radical (unpaired) electrons. The summed E-state index contributed by atoms with van der Waals surface area (Å²) in [6.07, 6.45) is 2.36. The van der Waals surface area contributed by atoms with Crippen molar-refractivity contribution in [2.24, 2.45) is 5.92 Å². The van der Waals surface area contributed by atoms with Gasteiger partial charge in [0.25, 0.3) is 0 Å². The Balaban J connectivity index is 2.00. The van der Waals surface area contributed by atoms with Crippen LogP contribution < -0.4 is 10.6 Å². The summed E-state index contributed by atoms with van der Waals surface area (Å²) in [6, 6.07) is 4.11. The second-order valence-corrected chi connectivity index (χ2v) is 5.76. The van der Waals surface area contributed by atoms with Crippen LogP contribution >= 0.6 is 11.3 Å². The molecular weight excluding hydrogens is 260 g/mol. The number of carbonyl (C=O) groups excluding carboxylic acids is 2. The Hall–Kier alpha value is -1.36. The molecule has 4 nitrogen and oxygen atoms in total. The maximum absolute atomic E-state index is 11.5. The van der Waals surface area contributed by atoms with Crippen LogP contribution in [0.2, 0.25) is 0 Å². The zero-order chi connectivity index (χ0) is 14.1. The molecule has 106 valence electrons. The molecule has 0 spiro atoms. The van der Waals surface area contributed by atoms with Crippen LogP contribution in [0.25, 0.3) is 0 Å². The number of hydrogen-bond acceptors (Lipinski definition) is 3. The summed E-state index contributed by atoms with van der Waals surface area (Å²) in [7, 11) is 0. The van der Waals surface area contributed by atoms with E-state index >= 15 is 0 Å². The van der Waals surface area contributed by atoms with Crippen molar-refractivity contribution in [2.45, 2.75) is 33.1 Å². The molecule has 0 bridgehead atoms. The lowest BCUT2D eigenvalue weighted by atomic mass is 10.2. The van der Waals surface area contributed by atoms with Gasteiger partial charge in [-0.2, -0.15) is 0 Å². The second kappa shape index (κ2) is 8.69. The Labute approximate surface area is 118 Å². The smallest absolute Gasteiger partial charge is 0.222 e. The van der Waals surface area contributed by atoms with Gasteiger partial charge in [0.05, 0.1) is 0 Å². The van der Waals surface area contributed by atoms with E-state index < -0.39 is 0 Å². The van der Waals surface area contributed by atoms with Crippen LogP contribution in [0.5, 0.6) is 0 Å². The van der Waals surface area contributed by atoms with Gasteiger partial charge in [0, 0.05) is 30.3 Å². The van der Waals surface area contributed by atoms with Gasteiger partial charge in [-0.1, -0.05) is 19.9 Å². The first-order valence-electron chi connectivity index (χ1n) is 6.66. The zero-order valence-electron chi connectivity index (χ0n) is 11.6. The van der Waals surface area contributed by atoms with E-state index in [1.807, 2.05) is 25.3 Å². The summed E-state index contributed by atoms with van der Waals surface area (Å²) in [6.45, 7) is 4.68. The molecule has 1 aromatic heterocycles. The Morgan fingerprint density at radius 1 is 1.26 bits per heavy atom. The van der Waals surface area contributed by atoms with Gasteiger partial charge in [-0.15, -0.1) is 11.3 Å². The number of aryl methyl sites for hydroxylation is 1. The fourth-order valence-electron chi connectivity index (χ4n) is 1.56. The van der Waals surface area contributed by atoms with Crippen molar-refractivity contribution < 1.29 is 9.59 Å². The summed E-state index contributed by atoms with van der Waals surface area (Å²) in [5.74, 6) is 0.0591. The predicted molar refractivity (Wildman–Crippen MR) is 78.1 cm³/mol. The van der Waals surface area contributed by atoms with E-state index in [0.717, 1.165) is 12.8 Å². The van der Waals surface area contributed by atoms with Crippen LogP contribution in [0.3, 0.4) is 0 Å². The van der Waals surface area contributed by atoms with Crippen molar-refractivity contribution in [3.63, 3.8) is 0 Å². The Morgan fingerprint density at radius 2 is 2.00 bits per heavy atom. The molecule has 0 atom stereocenters. The quantitative estimate of drug-likeness (QED) is 0.716. The van der Waals surface area contributed by atoms with E-state index in [9.17, 15) is 9.59 Å². The van der Waals surface area contributed by atoms with Crippen LogP contribution in [0.1, 0.15) is 31.6 Å². The first kappa shape index (κ1) is 15.7. The average Bonchev–Trinajstić information content (AvgIpc) is 2.87. The summed E-state index contributed by atoms with van der Waals surface area (Å²) >= 11 is 1.72. The highest BCUT2D eigenvalue weighted by Gasteiger charge is 2.05. The molecule has 0 aliphatic carbocycles. The fraction of sp³-hybridized carbons (Fsp3) is 0.571. The van der Waals surface area contributed by atoms with E-state index in [1.165, 1.54) is 4.88 Å². The molecule has 1 rings (SSSR count). The number of hydrogen-bond donors (Lipinski definition) is 2.